The van der Waals surface area contributed by atoms with Crippen LogP contribution in [0.4, 0.5) is 0 Å². The predicted molar refractivity (Wildman–Crippen MR) is 61.9 cm³/mol. The third-order valence-electron chi connectivity index (χ3n) is 3.17. The molecule has 1 aliphatic heterocycles. The van der Waals surface area contributed by atoms with Gasteiger partial charge in [0.2, 0.25) is 0 Å². The van der Waals surface area contributed by atoms with E-state index in [-0.39, 0.29) is 6.10 Å². The number of β-amino-alcohol motifs (C(OH)–C–C–N with tert-alkyl or cyclic N) is 1. The van der Waals surface area contributed by atoms with E-state index in [9.17, 15) is 5.11 Å². The van der Waals surface area contributed by atoms with E-state index >= 15 is 0 Å². The van der Waals surface area contributed by atoms with Crippen molar-refractivity contribution in [1.82, 2.24) is 5.32 Å². The molecule has 15 heavy (non-hydrogen) atoms. The van der Waals surface area contributed by atoms with E-state index in [1.807, 2.05) is 0 Å². The van der Waals surface area contributed by atoms with E-state index < -0.39 is 0 Å². The molecule has 0 saturated carbocycles. The number of aliphatic hydroxyl groups excluding tert-OH is 1. The maximum atomic E-state index is 9.84. The van der Waals surface area contributed by atoms with Gasteiger partial charge in [-0.15, -0.1) is 0 Å². The van der Waals surface area contributed by atoms with E-state index in [0.717, 1.165) is 25.9 Å². The topological polar surface area (TPSA) is 32.3 Å². The molecule has 0 amide bonds. The highest BCUT2D eigenvalue weighted by Gasteiger charge is 2.22. The molecule has 0 radical (unpaired) electrons. The Hall–Kier alpha value is -0.860. The Balaban J connectivity index is 2.01. The lowest BCUT2D eigenvalue weighted by Crippen LogP contribution is -2.41. The largest absolute Gasteiger partial charge is 0.392 e. The van der Waals surface area contributed by atoms with E-state index in [2.05, 4.69) is 36.5 Å². The van der Waals surface area contributed by atoms with Crippen LogP contribution in [-0.2, 0) is 6.42 Å². The van der Waals surface area contributed by atoms with Crippen LogP contribution in [0.2, 0.25) is 0 Å². The van der Waals surface area contributed by atoms with Gasteiger partial charge in [-0.25, -0.2) is 0 Å². The van der Waals surface area contributed by atoms with Gasteiger partial charge in [0.25, 0.3) is 0 Å². The zero-order valence-electron chi connectivity index (χ0n) is 9.24. The van der Waals surface area contributed by atoms with E-state index in [0.29, 0.717) is 5.92 Å². The second-order valence-corrected chi connectivity index (χ2v) is 4.51. The Kier molecular flexibility index (Phi) is 3.39. The van der Waals surface area contributed by atoms with Gasteiger partial charge in [0.1, 0.15) is 0 Å². The molecule has 0 bridgehead atoms. The monoisotopic (exact) mass is 205 g/mol. The maximum absolute atomic E-state index is 9.84. The highest BCUT2D eigenvalue weighted by molar-refractivity contribution is 5.22. The number of nitrogens with one attached hydrogen (secondary N) is 1. The molecule has 0 aliphatic carbocycles. The first-order chi connectivity index (χ1) is 7.25. The van der Waals surface area contributed by atoms with Crippen molar-refractivity contribution in [3.8, 4) is 0 Å². The Bertz CT molecular complexity index is 324. The van der Waals surface area contributed by atoms with Crippen LogP contribution in [0.3, 0.4) is 0 Å². The standard InChI is InChI=1S/C13H19NO/c1-10-3-2-4-11(7-10)8-12-5-6-14-9-13(12)15/h2-4,7,12-15H,5-6,8-9H2,1H3/t12-,13-/m1/s1. The van der Waals surface area contributed by atoms with Crippen LogP contribution in [-0.4, -0.2) is 24.3 Å². The van der Waals surface area contributed by atoms with Gasteiger partial charge in [0.15, 0.2) is 0 Å². The van der Waals surface area contributed by atoms with Gasteiger partial charge in [0.05, 0.1) is 6.10 Å². The zero-order valence-corrected chi connectivity index (χ0v) is 9.24. The van der Waals surface area contributed by atoms with Crippen LogP contribution in [0.5, 0.6) is 0 Å². The van der Waals surface area contributed by atoms with Crippen molar-refractivity contribution in [2.24, 2.45) is 5.92 Å². The fraction of sp³-hybridized carbons (Fsp3) is 0.538. The minimum absolute atomic E-state index is 0.181. The van der Waals surface area contributed by atoms with Crippen molar-refractivity contribution >= 4 is 0 Å². The molecule has 1 aromatic carbocycles. The highest BCUT2D eigenvalue weighted by Crippen LogP contribution is 2.19. The molecule has 1 heterocycles. The molecular weight excluding hydrogens is 186 g/mol. The predicted octanol–water partition coefficient (Wildman–Crippen LogP) is 1.51. The van der Waals surface area contributed by atoms with E-state index in [1.54, 1.807) is 0 Å². The van der Waals surface area contributed by atoms with Gasteiger partial charge >= 0.3 is 0 Å². The smallest absolute Gasteiger partial charge is 0.0696 e. The number of hydrogen-bond donors (Lipinski definition) is 2. The molecule has 2 heteroatoms. The molecule has 1 aliphatic rings. The van der Waals surface area contributed by atoms with Gasteiger partial charge in [-0.05, 0) is 37.8 Å². The summed E-state index contributed by atoms with van der Waals surface area (Å²) in [4.78, 5) is 0. The Morgan fingerprint density at radius 2 is 2.33 bits per heavy atom. The lowest BCUT2D eigenvalue weighted by Gasteiger charge is -2.28. The SMILES string of the molecule is Cc1cccc(C[C@H]2CCNC[C@H]2O)c1. The van der Waals surface area contributed by atoms with E-state index in [4.69, 9.17) is 0 Å². The molecule has 2 N–H and O–H groups in total. The molecular formula is C13H19NO. The first kappa shape index (κ1) is 10.7. The molecule has 82 valence electrons. The van der Waals surface area contributed by atoms with Crippen molar-refractivity contribution in [3.63, 3.8) is 0 Å². The van der Waals surface area contributed by atoms with Crippen LogP contribution >= 0.6 is 0 Å². The summed E-state index contributed by atoms with van der Waals surface area (Å²) in [5.41, 5.74) is 2.65. The van der Waals surface area contributed by atoms with Crippen LogP contribution in [0.25, 0.3) is 0 Å². The minimum atomic E-state index is -0.181. The van der Waals surface area contributed by atoms with Gasteiger partial charge in [-0.2, -0.15) is 0 Å². The molecule has 2 rings (SSSR count). The minimum Gasteiger partial charge on any atom is -0.392 e. The molecule has 0 unspecified atom stereocenters. The Labute approximate surface area is 91.3 Å². The summed E-state index contributed by atoms with van der Waals surface area (Å²) in [7, 11) is 0. The second-order valence-electron chi connectivity index (χ2n) is 4.51. The first-order valence-corrected chi connectivity index (χ1v) is 5.70. The average molecular weight is 205 g/mol. The third-order valence-corrected chi connectivity index (χ3v) is 3.17. The number of piperidine rings is 1. The fourth-order valence-electron chi connectivity index (χ4n) is 2.28. The number of rotatable bonds is 2. The van der Waals surface area contributed by atoms with Crippen molar-refractivity contribution in [1.29, 1.82) is 0 Å². The van der Waals surface area contributed by atoms with Crippen LogP contribution < -0.4 is 5.32 Å². The molecule has 0 aromatic heterocycles. The van der Waals surface area contributed by atoms with Crippen LogP contribution in [0.1, 0.15) is 17.5 Å². The Morgan fingerprint density at radius 1 is 1.47 bits per heavy atom. The van der Waals surface area contributed by atoms with Gasteiger partial charge in [-0.3, -0.25) is 0 Å². The first-order valence-electron chi connectivity index (χ1n) is 5.70. The summed E-state index contributed by atoms with van der Waals surface area (Å²) in [6.45, 7) is 3.90. The van der Waals surface area contributed by atoms with Crippen LogP contribution in [0.15, 0.2) is 24.3 Å². The zero-order chi connectivity index (χ0) is 10.7. The number of aryl methyl sites for hydroxylation is 1. The average Bonchev–Trinajstić information content (AvgIpc) is 2.22. The molecule has 1 saturated heterocycles. The van der Waals surface area contributed by atoms with Crippen molar-refractivity contribution < 1.29 is 5.11 Å². The molecule has 1 aromatic rings. The number of aliphatic hydroxyl groups is 1. The lowest BCUT2D eigenvalue weighted by molar-refractivity contribution is 0.0820. The highest BCUT2D eigenvalue weighted by atomic mass is 16.3. The summed E-state index contributed by atoms with van der Waals surface area (Å²) >= 11 is 0. The lowest BCUT2D eigenvalue weighted by atomic mass is 9.88. The fourth-order valence-corrected chi connectivity index (χ4v) is 2.28. The third kappa shape index (κ3) is 2.80. The molecule has 2 atom stereocenters. The van der Waals surface area contributed by atoms with Crippen molar-refractivity contribution in [3.05, 3.63) is 35.4 Å². The van der Waals surface area contributed by atoms with Gasteiger partial charge < -0.3 is 10.4 Å². The Morgan fingerprint density at radius 3 is 3.07 bits per heavy atom. The maximum Gasteiger partial charge on any atom is 0.0696 e. The normalized spacial score (nSPS) is 26.5. The van der Waals surface area contributed by atoms with Crippen LogP contribution in [0, 0.1) is 12.8 Å². The summed E-state index contributed by atoms with van der Waals surface area (Å²) in [5, 5.41) is 13.0. The van der Waals surface area contributed by atoms with Gasteiger partial charge in [0, 0.05) is 6.54 Å². The van der Waals surface area contributed by atoms with Crippen molar-refractivity contribution in [2.45, 2.75) is 25.9 Å². The summed E-state index contributed by atoms with van der Waals surface area (Å²) < 4.78 is 0. The number of hydrogen-bond acceptors (Lipinski definition) is 2. The summed E-state index contributed by atoms with van der Waals surface area (Å²) in [6.07, 6.45) is 1.90. The molecule has 0 spiro atoms. The summed E-state index contributed by atoms with van der Waals surface area (Å²) in [6, 6.07) is 8.58. The van der Waals surface area contributed by atoms with E-state index in [1.165, 1.54) is 11.1 Å². The van der Waals surface area contributed by atoms with Gasteiger partial charge in [-0.1, -0.05) is 29.8 Å². The second kappa shape index (κ2) is 4.77. The molecule has 1 fully saturated rings. The molecule has 2 nitrogen and oxygen atoms in total. The quantitative estimate of drug-likeness (QED) is 0.767. The summed E-state index contributed by atoms with van der Waals surface area (Å²) in [5.74, 6) is 0.424. The van der Waals surface area contributed by atoms with Crippen molar-refractivity contribution in [2.75, 3.05) is 13.1 Å². The number of benzene rings is 1.